The third-order valence-electron chi connectivity index (χ3n) is 3.37. The quantitative estimate of drug-likeness (QED) is 0.699. The SMILES string of the molecule is Cc1ncsc1CCNCCCCN(C)C(C)C. The second-order valence-corrected chi connectivity index (χ2v) is 6.08. The van der Waals surface area contributed by atoms with Crippen LogP contribution in [-0.4, -0.2) is 42.6 Å². The van der Waals surface area contributed by atoms with Crippen LogP contribution in [0.15, 0.2) is 5.51 Å². The molecule has 0 aromatic carbocycles. The highest BCUT2D eigenvalue weighted by molar-refractivity contribution is 7.09. The van der Waals surface area contributed by atoms with E-state index in [0.29, 0.717) is 6.04 Å². The number of hydrogen-bond acceptors (Lipinski definition) is 4. The number of unbranched alkanes of at least 4 members (excludes halogenated alkanes) is 1. The summed E-state index contributed by atoms with van der Waals surface area (Å²) in [7, 11) is 2.20. The van der Waals surface area contributed by atoms with Crippen LogP contribution in [0.3, 0.4) is 0 Å². The van der Waals surface area contributed by atoms with Crippen LogP contribution in [0.2, 0.25) is 0 Å². The normalized spacial score (nSPS) is 11.7. The molecule has 0 radical (unpaired) electrons. The van der Waals surface area contributed by atoms with Crippen molar-refractivity contribution in [3.8, 4) is 0 Å². The van der Waals surface area contributed by atoms with E-state index in [2.05, 4.69) is 43.0 Å². The number of rotatable bonds is 9. The Bertz CT molecular complexity index is 323. The second kappa shape index (κ2) is 8.62. The minimum Gasteiger partial charge on any atom is -0.316 e. The van der Waals surface area contributed by atoms with Gasteiger partial charge in [0, 0.05) is 17.5 Å². The summed E-state index contributed by atoms with van der Waals surface area (Å²) in [6, 6.07) is 0.660. The second-order valence-electron chi connectivity index (χ2n) is 5.14. The molecule has 0 aliphatic carbocycles. The number of thiazole rings is 1. The zero-order valence-corrected chi connectivity index (χ0v) is 13.0. The van der Waals surface area contributed by atoms with Gasteiger partial charge in [0.2, 0.25) is 0 Å². The molecule has 1 heterocycles. The Morgan fingerprint density at radius 1 is 1.33 bits per heavy atom. The van der Waals surface area contributed by atoms with Crippen molar-refractivity contribution in [2.75, 3.05) is 26.7 Å². The molecule has 1 N–H and O–H groups in total. The van der Waals surface area contributed by atoms with E-state index in [1.807, 2.05) is 5.51 Å². The average Bonchev–Trinajstić information content (AvgIpc) is 2.73. The number of nitrogens with zero attached hydrogens (tertiary/aromatic N) is 2. The highest BCUT2D eigenvalue weighted by atomic mass is 32.1. The Hall–Kier alpha value is -0.450. The summed E-state index contributed by atoms with van der Waals surface area (Å²) in [5, 5.41) is 3.51. The molecule has 0 bridgehead atoms. The van der Waals surface area contributed by atoms with Crippen LogP contribution in [0.4, 0.5) is 0 Å². The van der Waals surface area contributed by atoms with Crippen LogP contribution < -0.4 is 5.32 Å². The molecule has 18 heavy (non-hydrogen) atoms. The van der Waals surface area contributed by atoms with Gasteiger partial charge in [-0.25, -0.2) is 4.98 Å². The molecule has 104 valence electrons. The van der Waals surface area contributed by atoms with Gasteiger partial charge in [0.1, 0.15) is 0 Å². The fraction of sp³-hybridized carbons (Fsp3) is 0.786. The first-order valence-electron chi connectivity index (χ1n) is 6.91. The molecule has 0 atom stereocenters. The van der Waals surface area contributed by atoms with Crippen LogP contribution in [0, 0.1) is 6.92 Å². The first-order valence-corrected chi connectivity index (χ1v) is 7.79. The summed E-state index contributed by atoms with van der Waals surface area (Å²) in [6.45, 7) is 9.99. The fourth-order valence-electron chi connectivity index (χ4n) is 1.76. The molecule has 1 rings (SSSR count). The first kappa shape index (κ1) is 15.6. The minimum absolute atomic E-state index is 0.660. The van der Waals surface area contributed by atoms with Gasteiger partial charge in [-0.15, -0.1) is 11.3 Å². The molecule has 0 unspecified atom stereocenters. The Kier molecular flexibility index (Phi) is 7.47. The van der Waals surface area contributed by atoms with Crippen molar-refractivity contribution in [2.24, 2.45) is 0 Å². The van der Waals surface area contributed by atoms with Crippen molar-refractivity contribution in [3.63, 3.8) is 0 Å². The Morgan fingerprint density at radius 3 is 2.72 bits per heavy atom. The maximum atomic E-state index is 4.27. The number of nitrogens with one attached hydrogen (secondary N) is 1. The van der Waals surface area contributed by atoms with Gasteiger partial charge in [0.15, 0.2) is 0 Å². The molecular weight excluding hydrogens is 242 g/mol. The highest BCUT2D eigenvalue weighted by Crippen LogP contribution is 2.11. The smallest absolute Gasteiger partial charge is 0.0797 e. The fourth-order valence-corrected chi connectivity index (χ4v) is 2.54. The highest BCUT2D eigenvalue weighted by Gasteiger charge is 2.02. The van der Waals surface area contributed by atoms with Crippen LogP contribution >= 0.6 is 11.3 Å². The molecule has 1 aromatic rings. The Morgan fingerprint density at radius 2 is 2.11 bits per heavy atom. The molecule has 0 fully saturated rings. The van der Waals surface area contributed by atoms with E-state index in [4.69, 9.17) is 0 Å². The van der Waals surface area contributed by atoms with Gasteiger partial charge < -0.3 is 10.2 Å². The number of hydrogen-bond donors (Lipinski definition) is 1. The summed E-state index contributed by atoms with van der Waals surface area (Å²) in [6.07, 6.45) is 3.66. The maximum Gasteiger partial charge on any atom is 0.0797 e. The summed E-state index contributed by atoms with van der Waals surface area (Å²) in [5.74, 6) is 0. The predicted molar refractivity (Wildman–Crippen MR) is 80.4 cm³/mol. The van der Waals surface area contributed by atoms with E-state index in [9.17, 15) is 0 Å². The molecule has 0 spiro atoms. The van der Waals surface area contributed by atoms with Gasteiger partial charge >= 0.3 is 0 Å². The van der Waals surface area contributed by atoms with E-state index in [1.165, 1.54) is 30.0 Å². The van der Waals surface area contributed by atoms with Gasteiger partial charge in [-0.1, -0.05) is 0 Å². The summed E-state index contributed by atoms with van der Waals surface area (Å²) in [4.78, 5) is 8.09. The third-order valence-corrected chi connectivity index (χ3v) is 4.36. The largest absolute Gasteiger partial charge is 0.316 e. The zero-order chi connectivity index (χ0) is 13.4. The molecule has 0 aliphatic rings. The minimum atomic E-state index is 0.660. The molecule has 0 aliphatic heterocycles. The lowest BCUT2D eigenvalue weighted by molar-refractivity contribution is 0.268. The lowest BCUT2D eigenvalue weighted by Gasteiger charge is -2.20. The van der Waals surface area contributed by atoms with E-state index in [0.717, 1.165) is 19.5 Å². The Labute approximate surface area is 116 Å². The van der Waals surface area contributed by atoms with E-state index >= 15 is 0 Å². The lowest BCUT2D eigenvalue weighted by Crippen LogP contribution is -2.28. The van der Waals surface area contributed by atoms with Crippen molar-refractivity contribution >= 4 is 11.3 Å². The van der Waals surface area contributed by atoms with Gasteiger partial charge in [0.05, 0.1) is 11.2 Å². The average molecular weight is 269 g/mol. The van der Waals surface area contributed by atoms with Crippen LogP contribution in [0.5, 0.6) is 0 Å². The molecule has 1 aromatic heterocycles. The van der Waals surface area contributed by atoms with E-state index in [1.54, 1.807) is 11.3 Å². The molecule has 0 amide bonds. The first-order chi connectivity index (χ1) is 8.61. The molecule has 3 nitrogen and oxygen atoms in total. The molecule has 0 saturated heterocycles. The van der Waals surface area contributed by atoms with Crippen molar-refractivity contribution < 1.29 is 0 Å². The van der Waals surface area contributed by atoms with Crippen molar-refractivity contribution in [1.29, 1.82) is 0 Å². The lowest BCUT2D eigenvalue weighted by atomic mass is 10.2. The van der Waals surface area contributed by atoms with Gasteiger partial charge in [0.25, 0.3) is 0 Å². The van der Waals surface area contributed by atoms with Crippen LogP contribution in [0.25, 0.3) is 0 Å². The van der Waals surface area contributed by atoms with E-state index in [-0.39, 0.29) is 0 Å². The summed E-state index contributed by atoms with van der Waals surface area (Å²) < 4.78 is 0. The summed E-state index contributed by atoms with van der Waals surface area (Å²) in [5.41, 5.74) is 3.13. The van der Waals surface area contributed by atoms with Crippen molar-refractivity contribution in [3.05, 3.63) is 16.1 Å². The van der Waals surface area contributed by atoms with Crippen molar-refractivity contribution in [1.82, 2.24) is 15.2 Å². The maximum absolute atomic E-state index is 4.27. The van der Waals surface area contributed by atoms with Gasteiger partial charge in [-0.05, 0) is 60.2 Å². The predicted octanol–water partition coefficient (Wildman–Crippen LogP) is 2.70. The number of aromatic nitrogens is 1. The zero-order valence-electron chi connectivity index (χ0n) is 12.2. The molecule has 4 heteroatoms. The molecular formula is C14H27N3S. The monoisotopic (exact) mass is 269 g/mol. The van der Waals surface area contributed by atoms with Gasteiger partial charge in [-0.2, -0.15) is 0 Å². The van der Waals surface area contributed by atoms with Crippen LogP contribution in [0.1, 0.15) is 37.3 Å². The van der Waals surface area contributed by atoms with Crippen LogP contribution in [-0.2, 0) is 6.42 Å². The van der Waals surface area contributed by atoms with Gasteiger partial charge in [-0.3, -0.25) is 0 Å². The summed E-state index contributed by atoms with van der Waals surface area (Å²) >= 11 is 1.77. The molecule has 0 saturated carbocycles. The number of aryl methyl sites for hydroxylation is 1. The van der Waals surface area contributed by atoms with Crippen molar-refractivity contribution in [2.45, 2.75) is 46.1 Å². The topological polar surface area (TPSA) is 28.2 Å². The Balaban J connectivity index is 1.95. The third kappa shape index (κ3) is 5.94. The van der Waals surface area contributed by atoms with E-state index < -0.39 is 0 Å². The standard InChI is InChI=1S/C14H27N3S/c1-12(2)17(4)10-6-5-8-15-9-7-14-13(3)16-11-18-14/h11-12,15H,5-10H2,1-4H3.